The minimum Gasteiger partial charge on any atom is -0.333 e. The van der Waals surface area contributed by atoms with Crippen LogP contribution in [0.5, 0.6) is 0 Å². The molecule has 1 aromatic carbocycles. The van der Waals surface area contributed by atoms with Crippen molar-refractivity contribution in [2.24, 2.45) is 5.92 Å². The van der Waals surface area contributed by atoms with Gasteiger partial charge in [-0.1, -0.05) is 55.5 Å². The first-order chi connectivity index (χ1) is 12.1. The zero-order valence-electron chi connectivity index (χ0n) is 14.9. The Balaban J connectivity index is 2.14. The van der Waals surface area contributed by atoms with Crippen LogP contribution in [0.4, 0.5) is 0 Å². The Hall–Kier alpha value is -1.51. The predicted octanol–water partition coefficient (Wildman–Crippen LogP) is 3.51. The SMILES string of the molecule is CC(C)CN1C(=S)SC(C)(C)[C@@H]1n1oc(=O)n(-c2cccc(Cl)c2)c1=O. The van der Waals surface area contributed by atoms with E-state index in [4.69, 9.17) is 28.3 Å². The summed E-state index contributed by atoms with van der Waals surface area (Å²) in [4.78, 5) is 27.4. The van der Waals surface area contributed by atoms with Crippen molar-refractivity contribution < 1.29 is 4.52 Å². The number of hydrogen-bond acceptors (Lipinski definition) is 5. The van der Waals surface area contributed by atoms with Crippen LogP contribution in [0.15, 0.2) is 38.4 Å². The summed E-state index contributed by atoms with van der Waals surface area (Å²) in [5.41, 5.74) is -0.175. The lowest BCUT2D eigenvalue weighted by Crippen LogP contribution is -2.43. The van der Waals surface area contributed by atoms with Crippen molar-refractivity contribution in [3.63, 3.8) is 0 Å². The highest BCUT2D eigenvalue weighted by Crippen LogP contribution is 2.46. The fraction of sp³-hybridized carbons (Fsp3) is 0.471. The van der Waals surface area contributed by atoms with Crippen LogP contribution in [0.3, 0.4) is 0 Å². The lowest BCUT2D eigenvalue weighted by Gasteiger charge is -2.31. The summed E-state index contributed by atoms with van der Waals surface area (Å²) < 4.78 is 7.77. The number of benzene rings is 1. The van der Waals surface area contributed by atoms with Crippen molar-refractivity contribution in [2.45, 2.75) is 38.6 Å². The van der Waals surface area contributed by atoms with Gasteiger partial charge in [0.05, 0.1) is 10.4 Å². The maximum absolute atomic E-state index is 13.0. The first-order valence-electron chi connectivity index (χ1n) is 8.22. The fourth-order valence-corrected chi connectivity index (χ4v) is 5.19. The molecule has 1 aliphatic heterocycles. The molecule has 6 nitrogen and oxygen atoms in total. The van der Waals surface area contributed by atoms with Crippen LogP contribution >= 0.6 is 35.6 Å². The molecule has 0 unspecified atom stereocenters. The molecule has 3 rings (SSSR count). The highest BCUT2D eigenvalue weighted by Gasteiger charge is 2.48. The van der Waals surface area contributed by atoms with Gasteiger partial charge in [-0.2, -0.15) is 4.57 Å². The van der Waals surface area contributed by atoms with E-state index in [1.807, 2.05) is 18.7 Å². The van der Waals surface area contributed by atoms with Crippen LogP contribution in [0.25, 0.3) is 5.69 Å². The summed E-state index contributed by atoms with van der Waals surface area (Å²) in [5.74, 6) is -0.414. The van der Waals surface area contributed by atoms with Gasteiger partial charge >= 0.3 is 11.4 Å². The van der Waals surface area contributed by atoms with E-state index in [1.165, 1.54) is 11.8 Å². The van der Waals surface area contributed by atoms with Gasteiger partial charge in [0.25, 0.3) is 0 Å². The van der Waals surface area contributed by atoms with E-state index in [-0.39, 0.29) is 0 Å². The molecule has 26 heavy (non-hydrogen) atoms. The van der Waals surface area contributed by atoms with Gasteiger partial charge in [0.1, 0.15) is 4.32 Å². The van der Waals surface area contributed by atoms with Crippen LogP contribution in [0, 0.1) is 5.92 Å². The topological polar surface area (TPSA) is 60.4 Å². The summed E-state index contributed by atoms with van der Waals surface area (Å²) in [6, 6.07) is 6.54. The monoisotopic (exact) mass is 413 g/mol. The zero-order chi connectivity index (χ0) is 19.2. The number of rotatable bonds is 4. The van der Waals surface area contributed by atoms with Crippen molar-refractivity contribution in [2.75, 3.05) is 6.54 Å². The van der Waals surface area contributed by atoms with Crippen molar-refractivity contribution in [1.82, 2.24) is 14.2 Å². The highest BCUT2D eigenvalue weighted by molar-refractivity contribution is 8.24. The number of thiocarbonyl (C=S) groups is 1. The third-order valence-corrected chi connectivity index (χ3v) is 5.96. The van der Waals surface area contributed by atoms with Crippen LogP contribution in [-0.2, 0) is 0 Å². The van der Waals surface area contributed by atoms with Gasteiger partial charge in [-0.25, -0.2) is 9.59 Å². The molecule has 1 aromatic heterocycles. The Morgan fingerprint density at radius 3 is 2.65 bits per heavy atom. The van der Waals surface area contributed by atoms with Crippen LogP contribution in [0.1, 0.15) is 33.9 Å². The molecule has 1 atom stereocenters. The normalized spacial score (nSPS) is 19.5. The molecule has 0 N–H and O–H groups in total. The smallest absolute Gasteiger partial charge is 0.333 e. The van der Waals surface area contributed by atoms with E-state index in [9.17, 15) is 9.59 Å². The largest absolute Gasteiger partial charge is 0.447 e. The Kier molecular flexibility index (Phi) is 5.11. The van der Waals surface area contributed by atoms with E-state index >= 15 is 0 Å². The Bertz CT molecular complexity index is 961. The second-order valence-corrected chi connectivity index (χ2v) is 9.90. The first kappa shape index (κ1) is 19.3. The second-order valence-electron chi connectivity index (χ2n) is 7.17. The predicted molar refractivity (Wildman–Crippen MR) is 108 cm³/mol. The van der Waals surface area contributed by atoms with E-state index in [2.05, 4.69) is 13.8 Å². The van der Waals surface area contributed by atoms with Gasteiger partial charge in [-0.15, -0.1) is 4.74 Å². The molecule has 1 saturated heterocycles. The minimum atomic E-state index is -0.750. The van der Waals surface area contributed by atoms with Gasteiger partial charge in [-0.05, 0) is 38.0 Å². The molecular weight excluding hydrogens is 394 g/mol. The summed E-state index contributed by atoms with van der Waals surface area (Å²) in [5, 5.41) is 0.431. The Labute approximate surface area is 165 Å². The van der Waals surface area contributed by atoms with Crippen LogP contribution in [0.2, 0.25) is 5.02 Å². The van der Waals surface area contributed by atoms with Gasteiger partial charge in [0, 0.05) is 11.6 Å². The number of halogens is 1. The molecule has 2 aromatic rings. The quantitative estimate of drug-likeness (QED) is 0.715. The number of thioether (sulfide) groups is 1. The molecule has 0 spiro atoms. The standard InChI is InChI=1S/C17H20ClN3O3S2/c1-10(2)9-19-13(17(3,4)26-16(19)25)21-14(22)20(15(23)24-21)12-7-5-6-11(18)8-12/h5-8,10,13H,9H2,1-4H3/t13-/m0/s1. The van der Waals surface area contributed by atoms with E-state index in [1.54, 1.807) is 24.3 Å². The summed E-state index contributed by atoms with van der Waals surface area (Å²) >= 11 is 13.0. The molecule has 1 fully saturated rings. The maximum atomic E-state index is 13.0. The zero-order valence-corrected chi connectivity index (χ0v) is 17.3. The number of nitrogens with zero attached hydrogens (tertiary/aromatic N) is 3. The average molecular weight is 414 g/mol. The fourth-order valence-electron chi connectivity index (χ4n) is 3.11. The first-order valence-corrected chi connectivity index (χ1v) is 9.82. The van der Waals surface area contributed by atoms with Gasteiger partial charge in [0.15, 0.2) is 6.17 Å². The average Bonchev–Trinajstić information content (AvgIpc) is 2.91. The van der Waals surface area contributed by atoms with Crippen molar-refractivity contribution >= 4 is 39.9 Å². The summed E-state index contributed by atoms with van der Waals surface area (Å²) in [7, 11) is 0. The number of hydrogen-bond donors (Lipinski definition) is 0. The van der Waals surface area contributed by atoms with Gasteiger partial charge in [-0.3, -0.25) is 0 Å². The lowest BCUT2D eigenvalue weighted by atomic mass is 10.1. The van der Waals surface area contributed by atoms with E-state index < -0.39 is 22.4 Å². The maximum Gasteiger partial charge on any atom is 0.447 e. The molecule has 0 bridgehead atoms. The molecule has 0 aliphatic carbocycles. The van der Waals surface area contributed by atoms with E-state index in [0.717, 1.165) is 9.31 Å². The van der Waals surface area contributed by atoms with Crippen molar-refractivity contribution in [1.29, 1.82) is 0 Å². The van der Waals surface area contributed by atoms with Crippen LogP contribution in [-0.4, -0.2) is 29.8 Å². The summed E-state index contributed by atoms with van der Waals surface area (Å²) in [6.45, 7) is 8.78. The van der Waals surface area contributed by atoms with Gasteiger partial charge in [0.2, 0.25) is 0 Å². The molecule has 0 radical (unpaired) electrons. The third kappa shape index (κ3) is 3.37. The van der Waals surface area contributed by atoms with Crippen molar-refractivity contribution in [3.05, 3.63) is 50.3 Å². The minimum absolute atomic E-state index is 0.336. The molecular formula is C17H20ClN3O3S2. The lowest BCUT2D eigenvalue weighted by molar-refractivity contribution is 0.0842. The van der Waals surface area contributed by atoms with Crippen LogP contribution < -0.4 is 11.4 Å². The molecule has 1 aliphatic rings. The second kappa shape index (κ2) is 6.90. The molecule has 2 heterocycles. The Morgan fingerprint density at radius 1 is 1.35 bits per heavy atom. The number of aromatic nitrogens is 2. The highest BCUT2D eigenvalue weighted by atomic mass is 35.5. The molecule has 0 amide bonds. The molecule has 140 valence electrons. The Morgan fingerprint density at radius 2 is 2.04 bits per heavy atom. The van der Waals surface area contributed by atoms with Crippen molar-refractivity contribution in [3.8, 4) is 5.69 Å². The van der Waals surface area contributed by atoms with Gasteiger partial charge < -0.3 is 9.42 Å². The summed E-state index contributed by atoms with van der Waals surface area (Å²) in [6.07, 6.45) is -0.483. The third-order valence-electron chi connectivity index (χ3n) is 4.09. The molecule has 9 heteroatoms. The van der Waals surface area contributed by atoms with E-state index in [0.29, 0.717) is 27.5 Å². The molecule has 0 saturated carbocycles.